The lowest BCUT2D eigenvalue weighted by atomic mass is 10.6. The Balaban J connectivity index is 2.50. The first-order valence-electron chi connectivity index (χ1n) is 3.12. The van der Waals surface area contributed by atoms with Gasteiger partial charge in [0.2, 0.25) is 0 Å². The van der Waals surface area contributed by atoms with Gasteiger partial charge in [0.05, 0.1) is 0 Å². The summed E-state index contributed by atoms with van der Waals surface area (Å²) in [6, 6.07) is 0.344. The zero-order valence-corrected chi connectivity index (χ0v) is 5.56. The molecule has 11 heavy (non-hydrogen) atoms. The molecule has 0 saturated heterocycles. The van der Waals surface area contributed by atoms with E-state index in [4.69, 9.17) is 4.74 Å². The standard InChI is InChI=1S/C5H5N3O3/c9-8(10)4-3-6-5-7(4)1-2-11-5/h3H,1-2H2. The molecule has 1 aromatic heterocycles. The van der Waals surface area contributed by atoms with Crippen LogP contribution < -0.4 is 4.74 Å². The first kappa shape index (κ1) is 6.14. The van der Waals surface area contributed by atoms with Gasteiger partial charge in [0.1, 0.15) is 19.3 Å². The second-order valence-corrected chi connectivity index (χ2v) is 2.16. The highest BCUT2D eigenvalue weighted by Crippen LogP contribution is 2.23. The second-order valence-electron chi connectivity index (χ2n) is 2.16. The van der Waals surface area contributed by atoms with E-state index in [2.05, 4.69) is 4.98 Å². The van der Waals surface area contributed by atoms with Crippen molar-refractivity contribution in [3.05, 3.63) is 16.3 Å². The first-order chi connectivity index (χ1) is 5.29. The van der Waals surface area contributed by atoms with Crippen LogP contribution in [0.15, 0.2) is 6.20 Å². The number of rotatable bonds is 1. The van der Waals surface area contributed by atoms with Crippen molar-refractivity contribution in [2.75, 3.05) is 6.61 Å². The van der Waals surface area contributed by atoms with E-state index in [9.17, 15) is 10.1 Å². The van der Waals surface area contributed by atoms with E-state index in [1.807, 2.05) is 0 Å². The molecule has 0 atom stereocenters. The summed E-state index contributed by atoms with van der Waals surface area (Å²) in [5, 5.41) is 10.3. The minimum Gasteiger partial charge on any atom is -0.443 e. The second kappa shape index (κ2) is 1.94. The number of imidazole rings is 1. The van der Waals surface area contributed by atoms with Gasteiger partial charge in [-0.15, -0.1) is 0 Å². The van der Waals surface area contributed by atoms with Crippen molar-refractivity contribution in [2.45, 2.75) is 6.54 Å². The van der Waals surface area contributed by atoms with Crippen molar-refractivity contribution in [1.29, 1.82) is 0 Å². The normalized spacial score (nSPS) is 14.2. The van der Waals surface area contributed by atoms with Crippen LogP contribution in [0.5, 0.6) is 6.01 Å². The van der Waals surface area contributed by atoms with E-state index in [0.717, 1.165) is 0 Å². The average molecular weight is 155 g/mol. The minimum atomic E-state index is -0.467. The molecule has 0 saturated carbocycles. The summed E-state index contributed by atoms with van der Waals surface area (Å²) in [7, 11) is 0. The zero-order chi connectivity index (χ0) is 7.84. The highest BCUT2D eigenvalue weighted by atomic mass is 16.6. The molecule has 2 rings (SSSR count). The van der Waals surface area contributed by atoms with Gasteiger partial charge in [0, 0.05) is 0 Å². The van der Waals surface area contributed by atoms with Crippen molar-refractivity contribution in [2.24, 2.45) is 0 Å². The Bertz CT molecular complexity index is 306. The lowest BCUT2D eigenvalue weighted by Crippen LogP contribution is -1.98. The Kier molecular flexibility index (Phi) is 1.09. The maximum atomic E-state index is 10.3. The lowest BCUT2D eigenvalue weighted by Gasteiger charge is -1.91. The molecule has 0 radical (unpaired) electrons. The molecule has 0 bridgehead atoms. The molecular formula is C5H5N3O3. The van der Waals surface area contributed by atoms with Crippen LogP contribution in [-0.4, -0.2) is 21.1 Å². The predicted octanol–water partition coefficient (Wildman–Crippen LogP) is 0.184. The average Bonchev–Trinajstić information content (AvgIpc) is 2.41. The van der Waals surface area contributed by atoms with Gasteiger partial charge in [-0.3, -0.25) is 0 Å². The molecular weight excluding hydrogens is 150 g/mol. The van der Waals surface area contributed by atoms with Crippen LogP contribution >= 0.6 is 0 Å². The number of hydrogen-bond acceptors (Lipinski definition) is 4. The molecule has 6 heteroatoms. The summed E-state index contributed by atoms with van der Waals surface area (Å²) >= 11 is 0. The monoisotopic (exact) mass is 155 g/mol. The van der Waals surface area contributed by atoms with Crippen molar-refractivity contribution in [3.8, 4) is 6.01 Å². The summed E-state index contributed by atoms with van der Waals surface area (Å²) in [6.07, 6.45) is 1.20. The third kappa shape index (κ3) is 0.754. The van der Waals surface area contributed by atoms with Crippen molar-refractivity contribution in [1.82, 2.24) is 9.55 Å². The Labute approximate surface area is 61.6 Å². The maximum absolute atomic E-state index is 10.3. The van der Waals surface area contributed by atoms with Crippen molar-refractivity contribution in [3.63, 3.8) is 0 Å². The Hall–Kier alpha value is -1.59. The summed E-state index contributed by atoms with van der Waals surface area (Å²) < 4.78 is 6.42. The summed E-state index contributed by atoms with van der Waals surface area (Å²) in [5.74, 6) is -0.00231. The van der Waals surface area contributed by atoms with E-state index in [1.165, 1.54) is 10.8 Å². The fraction of sp³-hybridized carbons (Fsp3) is 0.400. The van der Waals surface area contributed by atoms with Gasteiger partial charge in [-0.25, -0.2) is 0 Å². The molecule has 6 nitrogen and oxygen atoms in total. The highest BCUT2D eigenvalue weighted by molar-refractivity contribution is 5.23. The van der Waals surface area contributed by atoms with E-state index < -0.39 is 4.92 Å². The predicted molar refractivity (Wildman–Crippen MR) is 34.4 cm³/mol. The number of hydrogen-bond donors (Lipinski definition) is 0. The molecule has 0 aromatic carbocycles. The van der Waals surface area contributed by atoms with Gasteiger partial charge in [0.25, 0.3) is 0 Å². The summed E-state index contributed by atoms with van der Waals surface area (Å²) in [5.41, 5.74) is 0. The highest BCUT2D eigenvalue weighted by Gasteiger charge is 2.25. The molecule has 0 fully saturated rings. The molecule has 0 amide bonds. The van der Waals surface area contributed by atoms with Crippen LogP contribution in [0.25, 0.3) is 0 Å². The Morgan fingerprint density at radius 2 is 2.64 bits per heavy atom. The fourth-order valence-electron chi connectivity index (χ4n) is 1.05. The number of aromatic nitrogens is 2. The molecule has 0 N–H and O–H groups in total. The first-order valence-corrected chi connectivity index (χ1v) is 3.12. The largest absolute Gasteiger partial charge is 0.443 e. The van der Waals surface area contributed by atoms with Gasteiger partial charge < -0.3 is 14.9 Å². The third-order valence-electron chi connectivity index (χ3n) is 1.53. The lowest BCUT2D eigenvalue weighted by molar-refractivity contribution is -0.391. The van der Waals surface area contributed by atoms with Crippen LogP contribution in [-0.2, 0) is 6.54 Å². The van der Waals surface area contributed by atoms with Crippen LogP contribution in [0.3, 0.4) is 0 Å². The smallest absolute Gasteiger partial charge is 0.391 e. The van der Waals surface area contributed by atoms with Crippen molar-refractivity contribution >= 4 is 5.82 Å². The van der Waals surface area contributed by atoms with Gasteiger partial charge in [-0.05, 0) is 4.92 Å². The summed E-state index contributed by atoms with van der Waals surface area (Å²) in [6.45, 7) is 0.996. The number of nitrogens with zero attached hydrogens (tertiary/aromatic N) is 3. The van der Waals surface area contributed by atoms with Crippen LogP contribution in [0.1, 0.15) is 0 Å². The van der Waals surface area contributed by atoms with Crippen LogP contribution in [0.4, 0.5) is 5.82 Å². The van der Waals surface area contributed by atoms with Gasteiger partial charge in [-0.2, -0.15) is 9.55 Å². The third-order valence-corrected chi connectivity index (χ3v) is 1.53. The molecule has 58 valence electrons. The molecule has 0 unspecified atom stereocenters. The van der Waals surface area contributed by atoms with Gasteiger partial charge in [0.15, 0.2) is 0 Å². The van der Waals surface area contributed by atoms with Crippen LogP contribution in [0.2, 0.25) is 0 Å². The van der Waals surface area contributed by atoms with E-state index in [1.54, 1.807) is 0 Å². The zero-order valence-electron chi connectivity index (χ0n) is 5.56. The Morgan fingerprint density at radius 1 is 1.82 bits per heavy atom. The number of fused-ring (bicyclic) bond motifs is 1. The van der Waals surface area contributed by atoms with Gasteiger partial charge in [-0.1, -0.05) is 0 Å². The number of nitro groups is 1. The molecule has 1 aliphatic heterocycles. The molecule has 1 aliphatic rings. The van der Waals surface area contributed by atoms with E-state index >= 15 is 0 Å². The summed E-state index contributed by atoms with van der Waals surface area (Å²) in [4.78, 5) is 13.6. The molecule has 2 heterocycles. The van der Waals surface area contributed by atoms with E-state index in [-0.39, 0.29) is 5.82 Å². The minimum absolute atomic E-state index is 0.00231. The molecule has 1 aromatic rings. The molecule has 0 spiro atoms. The van der Waals surface area contributed by atoms with Gasteiger partial charge >= 0.3 is 11.8 Å². The topological polar surface area (TPSA) is 70.2 Å². The number of ether oxygens (including phenoxy) is 1. The molecule has 0 aliphatic carbocycles. The van der Waals surface area contributed by atoms with Crippen molar-refractivity contribution < 1.29 is 9.66 Å². The van der Waals surface area contributed by atoms with E-state index in [0.29, 0.717) is 19.2 Å². The SMILES string of the molecule is O=[N+]([O-])c1cnc2n1CCO2. The van der Waals surface area contributed by atoms with Crippen LogP contribution in [0, 0.1) is 10.1 Å². The maximum Gasteiger partial charge on any atom is 0.391 e. The quantitative estimate of drug-likeness (QED) is 0.428. The Morgan fingerprint density at radius 3 is 3.36 bits per heavy atom. The fourth-order valence-corrected chi connectivity index (χ4v) is 1.05.